The second-order valence-corrected chi connectivity index (χ2v) is 9.27. The van der Waals surface area contributed by atoms with Crippen molar-refractivity contribution in [1.29, 1.82) is 0 Å². The average molecular weight is 447 g/mol. The Balaban J connectivity index is 1.70. The van der Waals surface area contributed by atoms with Gasteiger partial charge in [-0.05, 0) is 48.6 Å². The van der Waals surface area contributed by atoms with E-state index >= 15 is 0 Å². The van der Waals surface area contributed by atoms with E-state index in [1.807, 2.05) is 17.5 Å². The molecule has 1 aromatic heterocycles. The molecular weight excluding hydrogens is 428 g/mol. The first kappa shape index (κ1) is 20.2. The summed E-state index contributed by atoms with van der Waals surface area (Å²) in [5, 5.41) is 2.70. The Morgan fingerprint density at radius 2 is 2.17 bits per heavy atom. The Bertz CT molecular complexity index is 1000. The molecule has 1 aliphatic carbocycles. The van der Waals surface area contributed by atoms with Gasteiger partial charge in [0.2, 0.25) is 0 Å². The van der Waals surface area contributed by atoms with Gasteiger partial charge in [0.15, 0.2) is 5.17 Å². The number of hydrogen-bond acceptors (Lipinski definition) is 6. The predicted molar refractivity (Wildman–Crippen MR) is 120 cm³/mol. The monoisotopic (exact) mass is 446 g/mol. The van der Waals surface area contributed by atoms with Crippen LogP contribution in [0.5, 0.6) is 5.75 Å². The van der Waals surface area contributed by atoms with Crippen LogP contribution in [0, 0.1) is 0 Å². The van der Waals surface area contributed by atoms with Crippen LogP contribution in [0.25, 0.3) is 6.08 Å². The Kier molecular flexibility index (Phi) is 6.08. The predicted octanol–water partition coefficient (Wildman–Crippen LogP) is 5.40. The summed E-state index contributed by atoms with van der Waals surface area (Å²) in [4.78, 5) is 32.6. The number of nitrogens with zero attached hydrogens (tertiary/aromatic N) is 2. The van der Waals surface area contributed by atoms with Crippen molar-refractivity contribution in [2.45, 2.75) is 30.9 Å². The zero-order chi connectivity index (χ0) is 20.4. The number of hydrogen-bond donors (Lipinski definition) is 0. The molecule has 2 heterocycles. The number of thiophene rings is 1. The molecule has 29 heavy (non-hydrogen) atoms. The molecule has 2 aromatic rings. The highest BCUT2D eigenvalue weighted by atomic mass is 35.5. The third kappa shape index (κ3) is 4.27. The summed E-state index contributed by atoms with van der Waals surface area (Å²) in [6.07, 6.45) is 5.12. The topological polar surface area (TPSA) is 59.0 Å². The maximum atomic E-state index is 13.2. The van der Waals surface area contributed by atoms with Crippen molar-refractivity contribution < 1.29 is 14.3 Å². The van der Waals surface area contributed by atoms with Crippen molar-refractivity contribution in [1.82, 2.24) is 0 Å². The maximum absolute atomic E-state index is 13.2. The highest BCUT2D eigenvalue weighted by molar-refractivity contribution is 8.15. The zero-order valence-electron chi connectivity index (χ0n) is 15.8. The van der Waals surface area contributed by atoms with Gasteiger partial charge in [0.05, 0.1) is 23.1 Å². The van der Waals surface area contributed by atoms with Crippen LogP contribution in [0.1, 0.15) is 30.6 Å². The van der Waals surface area contributed by atoms with E-state index in [0.29, 0.717) is 33.7 Å². The van der Waals surface area contributed by atoms with Crippen LogP contribution in [0.15, 0.2) is 46.4 Å². The van der Waals surface area contributed by atoms with E-state index in [1.54, 1.807) is 31.4 Å². The molecule has 2 aliphatic rings. The minimum Gasteiger partial charge on any atom is -0.495 e. The fourth-order valence-electron chi connectivity index (χ4n) is 3.31. The van der Waals surface area contributed by atoms with E-state index in [2.05, 4.69) is 4.99 Å². The number of Topliss-reactive ketones (excluding diaryl/α,β-unsaturated/α-hetero) is 1. The third-order valence-corrected chi connectivity index (χ3v) is 7.17. The first-order chi connectivity index (χ1) is 14.1. The summed E-state index contributed by atoms with van der Waals surface area (Å²) < 4.78 is 5.22. The van der Waals surface area contributed by atoms with Crippen LogP contribution in [0.2, 0.25) is 5.02 Å². The molecule has 1 atom stereocenters. The van der Waals surface area contributed by atoms with E-state index < -0.39 is 0 Å². The van der Waals surface area contributed by atoms with E-state index in [4.69, 9.17) is 16.3 Å². The van der Waals surface area contributed by atoms with Crippen molar-refractivity contribution in [2.75, 3.05) is 12.0 Å². The number of carbonyl (C=O) groups is 2. The summed E-state index contributed by atoms with van der Waals surface area (Å²) in [5.41, 5.74) is 0.954. The average Bonchev–Trinajstić information content (AvgIpc) is 3.32. The van der Waals surface area contributed by atoms with Gasteiger partial charge >= 0.3 is 0 Å². The number of amides is 1. The van der Waals surface area contributed by atoms with Crippen molar-refractivity contribution in [2.24, 2.45) is 4.99 Å². The van der Waals surface area contributed by atoms with Crippen LogP contribution in [0.4, 0.5) is 5.69 Å². The van der Waals surface area contributed by atoms with Crippen LogP contribution in [-0.4, -0.2) is 29.2 Å². The molecule has 5 nitrogen and oxygen atoms in total. The second kappa shape index (κ2) is 8.73. The standard InChI is InChI=1S/C21H19ClN2O3S2/c1-27-18-9-8-13(11-15(18)22)24-20(26)16(12-14-5-4-10-28-14)23-21(24)29-19-7-3-2-6-17(19)25/h4-5,8-12,19H,2-3,6-7H2,1H3/b16-12+. The van der Waals surface area contributed by atoms with Crippen molar-refractivity contribution in [3.63, 3.8) is 0 Å². The number of halogens is 1. The van der Waals surface area contributed by atoms with Crippen molar-refractivity contribution in [3.05, 3.63) is 51.3 Å². The summed E-state index contributed by atoms with van der Waals surface area (Å²) >= 11 is 9.20. The van der Waals surface area contributed by atoms with Gasteiger partial charge in [0.25, 0.3) is 5.91 Å². The van der Waals surface area contributed by atoms with Gasteiger partial charge in [-0.1, -0.05) is 35.9 Å². The van der Waals surface area contributed by atoms with Gasteiger partial charge in [-0.25, -0.2) is 4.99 Å². The van der Waals surface area contributed by atoms with Gasteiger partial charge in [0.1, 0.15) is 17.2 Å². The number of ether oxygens (including phenoxy) is 1. The lowest BCUT2D eigenvalue weighted by Crippen LogP contribution is -2.33. The smallest absolute Gasteiger partial charge is 0.283 e. The molecule has 0 radical (unpaired) electrons. The second-order valence-electron chi connectivity index (χ2n) is 6.72. The molecule has 4 rings (SSSR count). The number of ketones is 1. The van der Waals surface area contributed by atoms with Gasteiger partial charge < -0.3 is 4.74 Å². The van der Waals surface area contributed by atoms with Crippen LogP contribution >= 0.6 is 34.7 Å². The lowest BCUT2D eigenvalue weighted by molar-refractivity contribution is -0.119. The van der Waals surface area contributed by atoms with Crippen molar-refractivity contribution in [3.8, 4) is 5.75 Å². The van der Waals surface area contributed by atoms with Crippen LogP contribution < -0.4 is 9.64 Å². The van der Waals surface area contributed by atoms with E-state index in [1.165, 1.54) is 28.0 Å². The Morgan fingerprint density at radius 1 is 1.31 bits per heavy atom. The summed E-state index contributed by atoms with van der Waals surface area (Å²) in [7, 11) is 1.54. The highest BCUT2D eigenvalue weighted by Gasteiger charge is 2.36. The number of methoxy groups -OCH3 is 1. The molecule has 1 amide bonds. The fraction of sp³-hybridized carbons (Fsp3) is 0.286. The van der Waals surface area contributed by atoms with E-state index in [9.17, 15) is 9.59 Å². The number of rotatable bonds is 4. The quantitative estimate of drug-likeness (QED) is 0.590. The van der Waals surface area contributed by atoms with Crippen LogP contribution in [-0.2, 0) is 9.59 Å². The fourth-order valence-corrected chi connectivity index (χ4v) is 5.44. The molecule has 0 bridgehead atoms. The first-order valence-corrected chi connectivity index (χ1v) is 11.4. The lowest BCUT2D eigenvalue weighted by atomic mass is 9.99. The van der Waals surface area contributed by atoms with Gasteiger partial charge in [-0.2, -0.15) is 0 Å². The van der Waals surface area contributed by atoms with Crippen molar-refractivity contribution >= 4 is 63.3 Å². The SMILES string of the molecule is COc1ccc(N2C(=O)/C(=C\c3cccs3)N=C2SC2CCCCC2=O)cc1Cl. The summed E-state index contributed by atoms with van der Waals surface area (Å²) in [6, 6.07) is 9.04. The van der Waals surface area contributed by atoms with Gasteiger partial charge in [0, 0.05) is 11.3 Å². The highest BCUT2D eigenvalue weighted by Crippen LogP contribution is 2.37. The normalized spacial score (nSPS) is 21.0. The first-order valence-electron chi connectivity index (χ1n) is 9.28. The largest absolute Gasteiger partial charge is 0.495 e. The minimum absolute atomic E-state index is 0.174. The molecule has 1 aromatic carbocycles. The molecule has 1 fully saturated rings. The summed E-state index contributed by atoms with van der Waals surface area (Å²) in [6.45, 7) is 0. The molecular formula is C21H19ClN2O3S2. The molecule has 0 N–H and O–H groups in total. The maximum Gasteiger partial charge on any atom is 0.283 e. The molecule has 150 valence electrons. The Morgan fingerprint density at radius 3 is 2.86 bits per heavy atom. The molecule has 1 aliphatic heterocycles. The summed E-state index contributed by atoms with van der Waals surface area (Å²) in [5.74, 6) is 0.523. The lowest BCUT2D eigenvalue weighted by Gasteiger charge is -2.24. The minimum atomic E-state index is -0.231. The third-order valence-electron chi connectivity index (χ3n) is 4.79. The number of aliphatic imine (C=N–C) groups is 1. The Labute approximate surface area is 182 Å². The van der Waals surface area contributed by atoms with Gasteiger partial charge in [-0.15, -0.1) is 11.3 Å². The molecule has 0 saturated heterocycles. The number of anilines is 1. The molecule has 1 saturated carbocycles. The zero-order valence-corrected chi connectivity index (χ0v) is 18.1. The molecule has 0 spiro atoms. The number of carbonyl (C=O) groups excluding carboxylic acids is 2. The Hall–Kier alpha value is -2.09. The number of thioether (sulfide) groups is 1. The number of amidine groups is 1. The van der Waals surface area contributed by atoms with Gasteiger partial charge in [-0.3, -0.25) is 14.5 Å². The number of benzene rings is 1. The van der Waals surface area contributed by atoms with E-state index in [0.717, 1.165) is 24.1 Å². The molecule has 8 heteroatoms. The van der Waals surface area contributed by atoms with E-state index in [-0.39, 0.29) is 16.9 Å². The van der Waals surface area contributed by atoms with Crippen LogP contribution in [0.3, 0.4) is 0 Å². The molecule has 1 unspecified atom stereocenters.